The van der Waals surface area contributed by atoms with Gasteiger partial charge in [0, 0.05) is 85.8 Å². The number of fused-ring (bicyclic) bond motifs is 8. The molecule has 0 unspecified atom stereocenters. The van der Waals surface area contributed by atoms with E-state index < -0.39 is 11.8 Å². The van der Waals surface area contributed by atoms with Crippen molar-refractivity contribution in [3.63, 3.8) is 0 Å². The lowest BCUT2D eigenvalue weighted by Gasteiger charge is -2.40. The number of pyridine rings is 2. The Labute approximate surface area is 342 Å². The molecule has 0 spiro atoms. The summed E-state index contributed by atoms with van der Waals surface area (Å²) in [5, 5.41) is 20.4. The summed E-state index contributed by atoms with van der Waals surface area (Å²) in [7, 11) is 2.82. The van der Waals surface area contributed by atoms with Crippen molar-refractivity contribution in [1.29, 1.82) is 0 Å². The van der Waals surface area contributed by atoms with Crippen molar-refractivity contribution in [3.05, 3.63) is 79.6 Å². The molecule has 12 heteroatoms. The van der Waals surface area contributed by atoms with E-state index in [1.54, 1.807) is 0 Å². The van der Waals surface area contributed by atoms with Crippen LogP contribution in [0, 0.1) is 35.5 Å². The molecule has 6 aliphatic rings. The average molecular weight is 801 g/mol. The molecule has 8 rings (SSSR count). The Kier molecular flexibility index (Phi) is 13.6. The average Bonchev–Trinajstić information content (AvgIpc) is 3.58. The monoisotopic (exact) mass is 800 g/mol. The maximum Gasteiger partial charge on any atom is 0.311 e. The zero-order valence-corrected chi connectivity index (χ0v) is 34.8. The van der Waals surface area contributed by atoms with Crippen molar-refractivity contribution in [3.8, 4) is 0 Å². The van der Waals surface area contributed by atoms with Crippen LogP contribution in [0.5, 0.6) is 0 Å². The van der Waals surface area contributed by atoms with Gasteiger partial charge in [0.2, 0.25) is 0 Å². The molecule has 4 aliphatic heterocycles. The summed E-state index contributed by atoms with van der Waals surface area (Å²) in [5.41, 5.74) is 3.03. The zero-order chi connectivity index (χ0) is 41.1. The quantitative estimate of drug-likeness (QED) is 0.308. The zero-order valence-electron chi connectivity index (χ0n) is 34.8. The Morgan fingerprint density at radius 2 is 1.02 bits per heavy atom. The van der Waals surface area contributed by atoms with Crippen LogP contribution in [0.4, 0.5) is 0 Å². The van der Waals surface area contributed by atoms with Crippen LogP contribution in [0.2, 0.25) is 0 Å². The molecule has 2 aliphatic carbocycles. The first-order valence-electron chi connectivity index (χ1n) is 21.8. The highest BCUT2D eigenvalue weighted by molar-refractivity contribution is 5.75. The molecule has 6 heterocycles. The van der Waals surface area contributed by atoms with E-state index in [0.29, 0.717) is 36.1 Å². The molecule has 0 amide bonds. The van der Waals surface area contributed by atoms with Crippen molar-refractivity contribution < 1.29 is 29.3 Å². The van der Waals surface area contributed by atoms with Gasteiger partial charge in [-0.3, -0.25) is 29.0 Å². The van der Waals surface area contributed by atoms with Gasteiger partial charge in [-0.1, -0.05) is 62.8 Å². The molecule has 316 valence electrons. The largest absolute Gasteiger partial charge is 0.469 e. The number of carbonyl (C=O) groups is 2. The summed E-state index contributed by atoms with van der Waals surface area (Å²) in [5.74, 6) is -0.679. The van der Waals surface area contributed by atoms with Gasteiger partial charge >= 0.3 is 11.9 Å². The molecule has 8 atom stereocenters. The minimum Gasteiger partial charge on any atom is -0.469 e. The van der Waals surface area contributed by atoms with Crippen LogP contribution in [-0.2, 0) is 32.2 Å². The number of rotatable bonds is 10. The molecule has 0 radical (unpaired) electrons. The summed E-state index contributed by atoms with van der Waals surface area (Å²) in [6.45, 7) is 6.51. The molecular weight excluding hydrogens is 737 g/mol. The molecule has 2 saturated carbocycles. The fraction of sp³-hybridized carbons (Fsp3) is 0.652. The van der Waals surface area contributed by atoms with Crippen LogP contribution in [0.15, 0.2) is 46.0 Å². The van der Waals surface area contributed by atoms with Crippen molar-refractivity contribution >= 4 is 24.1 Å². The van der Waals surface area contributed by atoms with Crippen molar-refractivity contribution in [2.45, 2.75) is 115 Å². The van der Waals surface area contributed by atoms with E-state index >= 15 is 0 Å². The van der Waals surface area contributed by atoms with Gasteiger partial charge in [-0.2, -0.15) is 0 Å². The number of nitrogens with zero attached hydrogens (tertiary/aromatic N) is 4. The number of allylic oxidation sites excluding steroid dienone is 2. The molecular formula is C46H64N4O8. The second kappa shape index (κ2) is 18.6. The van der Waals surface area contributed by atoms with E-state index in [1.165, 1.54) is 78.4 Å². The SMILES string of the molecule is C/C=C/c1ccc2n(c1=O)C[C@@H]1[C@@H](CO)[C@H](C(=O)OC)[C@H]2N1CC1CCCCC1.C/C=C\c1ccc2n(c1=O)C[C@@H]1[C@@H](CO)[C@H](C(=O)OC)[C@H]2N1CC1CCCCC1. The number of aliphatic hydroxyl groups is 2. The van der Waals surface area contributed by atoms with Gasteiger partial charge in [-0.05, 0) is 75.6 Å². The van der Waals surface area contributed by atoms with Crippen LogP contribution in [0.25, 0.3) is 12.2 Å². The lowest BCUT2D eigenvalue weighted by molar-refractivity contribution is -0.149. The highest BCUT2D eigenvalue weighted by atomic mass is 16.5. The second-order valence-corrected chi connectivity index (χ2v) is 17.5. The summed E-state index contributed by atoms with van der Waals surface area (Å²) in [4.78, 5) is 56.5. The molecule has 0 aromatic carbocycles. The van der Waals surface area contributed by atoms with E-state index in [4.69, 9.17) is 9.47 Å². The highest BCUT2D eigenvalue weighted by Crippen LogP contribution is 2.51. The Morgan fingerprint density at radius 1 is 0.638 bits per heavy atom. The summed E-state index contributed by atoms with van der Waals surface area (Å²) in [6, 6.07) is 7.20. The van der Waals surface area contributed by atoms with Gasteiger partial charge in [-0.15, -0.1) is 0 Å². The number of methoxy groups -OCH3 is 2. The van der Waals surface area contributed by atoms with Gasteiger partial charge in [0.15, 0.2) is 0 Å². The number of ether oxygens (including phenoxy) is 2. The lowest BCUT2D eigenvalue weighted by atomic mass is 9.87. The predicted molar refractivity (Wildman–Crippen MR) is 223 cm³/mol. The second-order valence-electron chi connectivity index (χ2n) is 17.5. The summed E-state index contributed by atoms with van der Waals surface area (Å²) < 4.78 is 13.9. The number of carbonyl (C=O) groups excluding carboxylic acids is 2. The topological polar surface area (TPSA) is 144 Å². The van der Waals surface area contributed by atoms with Gasteiger partial charge in [0.25, 0.3) is 11.1 Å². The third kappa shape index (κ3) is 7.82. The third-order valence-corrected chi connectivity index (χ3v) is 14.4. The molecule has 2 aromatic rings. The number of aromatic nitrogens is 2. The molecule has 2 N–H and O–H groups in total. The fourth-order valence-electron chi connectivity index (χ4n) is 11.7. The Bertz CT molecular complexity index is 1820. The molecule has 4 fully saturated rings. The maximum absolute atomic E-state index is 13.1. The molecule has 2 aromatic heterocycles. The minimum atomic E-state index is -0.445. The lowest BCUT2D eigenvalue weighted by Crippen LogP contribution is -2.48. The smallest absolute Gasteiger partial charge is 0.311 e. The highest BCUT2D eigenvalue weighted by Gasteiger charge is 2.58. The molecule has 58 heavy (non-hydrogen) atoms. The maximum atomic E-state index is 13.1. The van der Waals surface area contributed by atoms with Crippen LogP contribution in [0.1, 0.15) is 113 Å². The van der Waals surface area contributed by atoms with Crippen molar-refractivity contribution in [1.82, 2.24) is 18.9 Å². The third-order valence-electron chi connectivity index (χ3n) is 14.4. The predicted octanol–water partition coefficient (Wildman–Crippen LogP) is 5.20. The van der Waals surface area contributed by atoms with Crippen LogP contribution in [0.3, 0.4) is 0 Å². The summed E-state index contributed by atoms with van der Waals surface area (Å²) in [6.07, 6.45) is 19.9. The Balaban J connectivity index is 0.000000177. The van der Waals surface area contributed by atoms with E-state index in [2.05, 4.69) is 9.80 Å². The van der Waals surface area contributed by atoms with Crippen molar-refractivity contribution in [2.75, 3.05) is 40.5 Å². The Hall–Kier alpha value is -3.84. The van der Waals surface area contributed by atoms with Gasteiger partial charge in [0.05, 0.1) is 38.1 Å². The number of hydrogen-bond acceptors (Lipinski definition) is 10. The number of esters is 2. The fourth-order valence-corrected chi connectivity index (χ4v) is 11.7. The van der Waals surface area contributed by atoms with E-state index in [9.17, 15) is 29.4 Å². The van der Waals surface area contributed by atoms with Gasteiger partial charge < -0.3 is 28.8 Å². The normalized spacial score (nSPS) is 29.9. The van der Waals surface area contributed by atoms with Crippen LogP contribution >= 0.6 is 0 Å². The molecule has 2 saturated heterocycles. The van der Waals surface area contributed by atoms with Crippen LogP contribution < -0.4 is 11.1 Å². The van der Waals surface area contributed by atoms with E-state index in [0.717, 1.165) is 24.5 Å². The van der Waals surface area contributed by atoms with Gasteiger partial charge in [0.1, 0.15) is 0 Å². The Morgan fingerprint density at radius 3 is 1.34 bits per heavy atom. The van der Waals surface area contributed by atoms with E-state index in [1.807, 2.05) is 71.6 Å². The van der Waals surface area contributed by atoms with E-state index in [-0.39, 0.29) is 72.3 Å². The van der Waals surface area contributed by atoms with Crippen LogP contribution in [-0.4, -0.2) is 93.7 Å². The molecule has 12 nitrogen and oxygen atoms in total. The summed E-state index contributed by atoms with van der Waals surface area (Å²) >= 11 is 0. The number of hydrogen-bond donors (Lipinski definition) is 2. The first kappa shape index (κ1) is 42.3. The number of aliphatic hydroxyl groups excluding tert-OH is 2. The van der Waals surface area contributed by atoms with Crippen molar-refractivity contribution in [2.24, 2.45) is 35.5 Å². The van der Waals surface area contributed by atoms with Gasteiger partial charge in [-0.25, -0.2) is 0 Å². The molecule has 4 bridgehead atoms. The minimum absolute atomic E-state index is 0.0184. The first-order chi connectivity index (χ1) is 28.2. The first-order valence-corrected chi connectivity index (χ1v) is 21.8. The standard InChI is InChI=1S/2C23H32N2O4/c2*1-3-7-16-10-11-18-21-20(23(28)29-2)17(14-26)19(13-25(18)22(16)27)24(21)12-15-8-5-4-6-9-15/h2*3,7,10-11,15,17,19-21,26H,4-6,8-9,12-14H2,1-2H3/b7-3+;7-3-/t2*17-,19-,20+,21+/m11/s1.